The first-order valence-corrected chi connectivity index (χ1v) is 11.7. The summed E-state index contributed by atoms with van der Waals surface area (Å²) in [7, 11) is 1.46. The van der Waals surface area contributed by atoms with Crippen LogP contribution in [0.25, 0.3) is 11.0 Å². The number of ketones is 1. The van der Waals surface area contributed by atoms with Gasteiger partial charge in [-0.2, -0.15) is 0 Å². The molecule has 1 aromatic heterocycles. The Morgan fingerprint density at radius 1 is 1.03 bits per heavy atom. The lowest BCUT2D eigenvalue weighted by atomic mass is 10.0. The zero-order chi connectivity index (χ0) is 24.4. The van der Waals surface area contributed by atoms with Crippen LogP contribution in [0.2, 0.25) is 0 Å². The molecular formula is C25H17Br2FO6. The first-order chi connectivity index (χ1) is 16.3. The summed E-state index contributed by atoms with van der Waals surface area (Å²) in [5.74, 6) is -0.151. The van der Waals surface area contributed by atoms with E-state index in [0.29, 0.717) is 42.7 Å². The fourth-order valence-corrected chi connectivity index (χ4v) is 4.65. The summed E-state index contributed by atoms with van der Waals surface area (Å²) < 4.78 is 36.4. The van der Waals surface area contributed by atoms with Crippen LogP contribution in [0.5, 0.6) is 17.2 Å². The molecule has 4 rings (SSSR count). The van der Waals surface area contributed by atoms with E-state index in [9.17, 15) is 14.0 Å². The fourth-order valence-electron chi connectivity index (χ4n) is 3.29. The summed E-state index contributed by atoms with van der Waals surface area (Å²) in [5.41, 5.74) is 1.02. The topological polar surface area (TPSA) is 75.0 Å². The van der Waals surface area contributed by atoms with E-state index in [4.69, 9.17) is 18.6 Å². The van der Waals surface area contributed by atoms with Gasteiger partial charge in [-0.1, -0.05) is 0 Å². The average Bonchev–Trinajstić information content (AvgIpc) is 3.26. The number of methoxy groups -OCH3 is 1. The number of fused-ring (bicyclic) bond motifs is 1. The van der Waals surface area contributed by atoms with E-state index in [1.807, 2.05) is 0 Å². The number of carbonyl (C=O) groups excluding carboxylic acids is 2. The van der Waals surface area contributed by atoms with Gasteiger partial charge in [0.2, 0.25) is 5.76 Å². The van der Waals surface area contributed by atoms with Crippen LogP contribution in [-0.4, -0.2) is 25.5 Å². The predicted octanol–water partition coefficient (Wildman–Crippen LogP) is 7.31. The molecule has 9 heteroatoms. The molecule has 34 heavy (non-hydrogen) atoms. The predicted molar refractivity (Wildman–Crippen MR) is 130 cm³/mol. The lowest BCUT2D eigenvalue weighted by Gasteiger charge is -2.13. The second kappa shape index (κ2) is 9.99. The molecule has 0 spiro atoms. The SMILES string of the molecule is CCOC(=O)c1cc2c(Br)c(Oc3ccc(OC)c(C(=O)c4ccc(F)cc4)c3)c(Br)cc2o1. The van der Waals surface area contributed by atoms with Gasteiger partial charge in [-0.05, 0) is 87.3 Å². The van der Waals surface area contributed by atoms with Crippen molar-refractivity contribution in [2.45, 2.75) is 6.92 Å². The second-order valence-corrected chi connectivity index (χ2v) is 8.69. The third kappa shape index (κ3) is 4.71. The maximum atomic E-state index is 13.3. The Hall–Kier alpha value is -3.17. The molecule has 0 amide bonds. The maximum absolute atomic E-state index is 13.3. The van der Waals surface area contributed by atoms with Crippen LogP contribution in [0.3, 0.4) is 0 Å². The minimum Gasteiger partial charge on any atom is -0.496 e. The molecule has 0 atom stereocenters. The summed E-state index contributed by atoms with van der Waals surface area (Å²) in [6, 6.07) is 13.3. The number of esters is 1. The van der Waals surface area contributed by atoms with Crippen molar-refractivity contribution in [3.8, 4) is 17.2 Å². The highest BCUT2D eigenvalue weighted by molar-refractivity contribution is 9.11. The molecule has 0 saturated carbocycles. The zero-order valence-electron chi connectivity index (χ0n) is 18.0. The van der Waals surface area contributed by atoms with Crippen molar-refractivity contribution in [1.82, 2.24) is 0 Å². The largest absolute Gasteiger partial charge is 0.496 e. The van der Waals surface area contributed by atoms with Gasteiger partial charge in [0.25, 0.3) is 0 Å². The third-order valence-corrected chi connectivity index (χ3v) is 6.27. The van der Waals surface area contributed by atoms with Gasteiger partial charge in [0.1, 0.15) is 22.9 Å². The van der Waals surface area contributed by atoms with Gasteiger partial charge < -0.3 is 18.6 Å². The molecule has 174 valence electrons. The molecule has 0 fully saturated rings. The van der Waals surface area contributed by atoms with Crippen LogP contribution >= 0.6 is 31.9 Å². The van der Waals surface area contributed by atoms with Crippen molar-refractivity contribution in [2.24, 2.45) is 0 Å². The number of rotatable bonds is 7. The second-order valence-electron chi connectivity index (χ2n) is 7.04. The average molecular weight is 592 g/mol. The molecule has 3 aromatic carbocycles. The Kier molecular flexibility index (Phi) is 7.04. The highest BCUT2D eigenvalue weighted by atomic mass is 79.9. The Labute approximate surface area is 210 Å². The van der Waals surface area contributed by atoms with Crippen molar-refractivity contribution in [3.63, 3.8) is 0 Å². The Morgan fingerprint density at radius 3 is 2.44 bits per heavy atom. The number of furan rings is 1. The fraction of sp³-hybridized carbons (Fsp3) is 0.120. The van der Waals surface area contributed by atoms with Gasteiger partial charge in [-0.3, -0.25) is 4.79 Å². The molecular weight excluding hydrogens is 575 g/mol. The van der Waals surface area contributed by atoms with E-state index in [1.54, 1.807) is 37.3 Å². The van der Waals surface area contributed by atoms with Crippen molar-refractivity contribution < 1.29 is 32.6 Å². The minimum atomic E-state index is -0.566. The highest BCUT2D eigenvalue weighted by Crippen LogP contribution is 2.43. The summed E-state index contributed by atoms with van der Waals surface area (Å²) in [5, 5.41) is 0.609. The van der Waals surface area contributed by atoms with Crippen molar-refractivity contribution >= 4 is 54.6 Å². The van der Waals surface area contributed by atoms with E-state index in [-0.39, 0.29) is 23.7 Å². The summed E-state index contributed by atoms with van der Waals surface area (Å²) in [6.07, 6.45) is 0. The molecule has 0 unspecified atom stereocenters. The molecule has 0 aliphatic heterocycles. The molecule has 0 saturated heterocycles. The Morgan fingerprint density at radius 2 is 1.76 bits per heavy atom. The quantitative estimate of drug-likeness (QED) is 0.166. The molecule has 0 bridgehead atoms. The molecule has 6 nitrogen and oxygen atoms in total. The van der Waals surface area contributed by atoms with Crippen molar-refractivity contribution in [3.05, 3.63) is 86.2 Å². The smallest absolute Gasteiger partial charge is 0.374 e. The van der Waals surface area contributed by atoms with Gasteiger partial charge >= 0.3 is 5.97 Å². The van der Waals surface area contributed by atoms with Crippen LogP contribution in [0.15, 0.2) is 68.0 Å². The number of carbonyl (C=O) groups is 2. The molecule has 0 aliphatic carbocycles. The van der Waals surface area contributed by atoms with Gasteiger partial charge in [0.05, 0.1) is 28.2 Å². The monoisotopic (exact) mass is 590 g/mol. The summed E-state index contributed by atoms with van der Waals surface area (Å²) >= 11 is 6.98. The molecule has 1 heterocycles. The van der Waals surface area contributed by atoms with Crippen LogP contribution in [-0.2, 0) is 4.74 Å². The Bertz CT molecular complexity index is 1400. The van der Waals surface area contributed by atoms with E-state index in [0.717, 1.165) is 0 Å². The first-order valence-electron chi connectivity index (χ1n) is 10.1. The van der Waals surface area contributed by atoms with Gasteiger partial charge in [0.15, 0.2) is 11.5 Å². The lowest BCUT2D eigenvalue weighted by molar-refractivity contribution is 0.0492. The van der Waals surface area contributed by atoms with E-state index in [2.05, 4.69) is 31.9 Å². The van der Waals surface area contributed by atoms with Gasteiger partial charge in [0, 0.05) is 17.0 Å². The van der Waals surface area contributed by atoms with Gasteiger partial charge in [-0.25, -0.2) is 9.18 Å². The minimum absolute atomic E-state index is 0.0678. The van der Waals surface area contributed by atoms with Crippen LogP contribution in [0, 0.1) is 5.82 Å². The highest BCUT2D eigenvalue weighted by Gasteiger charge is 2.21. The van der Waals surface area contributed by atoms with E-state index in [1.165, 1.54) is 31.4 Å². The van der Waals surface area contributed by atoms with E-state index < -0.39 is 11.8 Å². The molecule has 0 radical (unpaired) electrons. The molecule has 4 aromatic rings. The summed E-state index contributed by atoms with van der Waals surface area (Å²) in [6.45, 7) is 1.94. The van der Waals surface area contributed by atoms with Gasteiger partial charge in [-0.15, -0.1) is 0 Å². The standard InChI is InChI=1S/C25H17Br2FO6/c1-3-32-25(30)21-11-16-20(34-21)12-18(26)24(22(16)27)33-15-8-9-19(31-2)17(10-15)23(29)13-4-6-14(28)7-5-13/h4-12H,3H2,1-2H3. The first kappa shape index (κ1) is 24.0. The van der Waals surface area contributed by atoms with Crippen LogP contribution in [0.1, 0.15) is 33.4 Å². The van der Waals surface area contributed by atoms with Crippen molar-refractivity contribution in [2.75, 3.05) is 13.7 Å². The number of hydrogen-bond acceptors (Lipinski definition) is 6. The number of halogens is 3. The molecule has 0 N–H and O–H groups in total. The molecule has 0 aliphatic rings. The normalized spacial score (nSPS) is 10.9. The number of ether oxygens (including phenoxy) is 3. The van der Waals surface area contributed by atoms with E-state index >= 15 is 0 Å². The number of hydrogen-bond donors (Lipinski definition) is 0. The van der Waals surface area contributed by atoms with Crippen LogP contribution < -0.4 is 9.47 Å². The zero-order valence-corrected chi connectivity index (χ0v) is 21.2. The summed E-state index contributed by atoms with van der Waals surface area (Å²) in [4.78, 5) is 25.1. The maximum Gasteiger partial charge on any atom is 0.374 e. The lowest BCUT2D eigenvalue weighted by Crippen LogP contribution is -2.04. The third-order valence-electron chi connectivity index (χ3n) is 4.89. The number of benzene rings is 3. The Balaban J connectivity index is 1.71. The van der Waals surface area contributed by atoms with Crippen LogP contribution in [0.4, 0.5) is 4.39 Å². The van der Waals surface area contributed by atoms with Crippen molar-refractivity contribution in [1.29, 1.82) is 0 Å².